The Bertz CT molecular complexity index is 7.51. The molecule has 0 atom stereocenters. The van der Waals surface area contributed by atoms with Crippen LogP contribution >= 0.6 is 0 Å². The van der Waals surface area contributed by atoms with E-state index in [4.69, 9.17) is 5.11 Å². The smallest absolute Gasteiger partial charge is 0.0319 e. The molecule has 0 amide bonds. The zero-order chi connectivity index (χ0) is 4.71. The summed E-state index contributed by atoms with van der Waals surface area (Å²) in [6.07, 6.45) is 1.00. The minimum absolute atomic E-state index is 0. The van der Waals surface area contributed by atoms with Gasteiger partial charge < -0.3 is 12.0 Å². The van der Waals surface area contributed by atoms with Crippen LogP contribution in [-0.4, -0.2) is 12.2 Å². The summed E-state index contributed by atoms with van der Waals surface area (Å²) >= 11 is 0. The monoisotopic (exact) mass is 123 g/mol. The molecule has 0 aliphatic heterocycles. The Morgan fingerprint density at radius 3 is 1.50 bits per heavy atom. The largest absolute Gasteiger partial charge is 0.400 e. The molecule has 0 aliphatic carbocycles. The van der Waals surface area contributed by atoms with Crippen LogP contribution in [0.25, 0.3) is 0 Å². The average Bonchev–Trinajstić information content (AvgIpc) is 1.46. The van der Waals surface area contributed by atoms with Gasteiger partial charge in [-0.3, -0.25) is 0 Å². The molecule has 0 aliphatic rings. The minimum Gasteiger partial charge on any atom is -0.400 e. The molecule has 0 saturated heterocycles. The van der Waals surface area contributed by atoms with E-state index in [0.29, 0.717) is 0 Å². The molecule has 1 nitrogen and oxygen atoms in total. The molecule has 0 fully saturated rings. The van der Waals surface area contributed by atoms with E-state index >= 15 is 0 Å². The molecule has 0 aromatic heterocycles. The number of aliphatic hydroxyl groups is 1. The second-order valence-electron chi connectivity index (χ2n) is 0.500. The van der Waals surface area contributed by atoms with Gasteiger partial charge in [0, 0.05) is 28.8 Å². The Labute approximate surface area is 54.6 Å². The molecule has 6 heavy (non-hydrogen) atoms. The molecule has 0 aromatic rings. The van der Waals surface area contributed by atoms with Crippen LogP contribution in [0.5, 0.6) is 0 Å². The molecule has 0 saturated carbocycles. The van der Waals surface area contributed by atoms with E-state index in [1.54, 1.807) is 0 Å². The first-order chi connectivity index (χ1) is 2.41. The summed E-state index contributed by atoms with van der Waals surface area (Å²) in [5.41, 5.74) is 0. The quantitative estimate of drug-likeness (QED) is 0.373. The van der Waals surface area contributed by atoms with Crippen molar-refractivity contribution in [2.24, 2.45) is 0 Å². The first kappa shape index (κ1) is 15.9. The van der Waals surface area contributed by atoms with Crippen molar-refractivity contribution in [1.82, 2.24) is 0 Å². The first-order valence-corrected chi connectivity index (χ1v) is 1.65. The maximum Gasteiger partial charge on any atom is 0.0319 e. The van der Waals surface area contributed by atoms with Gasteiger partial charge in [0.25, 0.3) is 0 Å². The molecule has 0 radical (unpaired) electrons. The molecule has 0 bridgehead atoms. The number of hydrogen-bond donors (Lipinski definition) is 1. The van der Waals surface area contributed by atoms with Crippen LogP contribution in [-0.2, 0) is 21.7 Å². The van der Waals surface area contributed by atoms with Crippen molar-refractivity contribution in [1.29, 1.82) is 0 Å². The molecule has 0 heterocycles. The molecular formula is C4H11OTi-. The molecule has 0 unspecified atom stereocenters. The van der Waals surface area contributed by atoms with Crippen molar-refractivity contribution >= 4 is 0 Å². The molecule has 0 aromatic carbocycles. The van der Waals surface area contributed by atoms with E-state index < -0.39 is 0 Å². The van der Waals surface area contributed by atoms with Crippen LogP contribution in [0.15, 0.2) is 0 Å². The molecule has 0 rings (SSSR count). The predicted molar refractivity (Wildman–Crippen MR) is 23.8 cm³/mol. The number of hydrogen-bond acceptors (Lipinski definition) is 1. The Morgan fingerprint density at radius 2 is 1.50 bits per heavy atom. The fourth-order valence-electron chi connectivity index (χ4n) is 0. The second-order valence-corrected chi connectivity index (χ2v) is 0.500. The van der Waals surface area contributed by atoms with Gasteiger partial charge in [0.2, 0.25) is 0 Å². The van der Waals surface area contributed by atoms with E-state index in [2.05, 4.69) is 6.92 Å². The van der Waals surface area contributed by atoms with Gasteiger partial charge in [-0.1, -0.05) is 6.92 Å². The third-order valence-electron chi connectivity index (χ3n) is 0. The summed E-state index contributed by atoms with van der Waals surface area (Å²) in [7, 11) is 1.00. The van der Waals surface area contributed by atoms with Crippen LogP contribution in [0.1, 0.15) is 13.3 Å². The van der Waals surface area contributed by atoms with Crippen molar-refractivity contribution in [2.75, 3.05) is 7.11 Å². The van der Waals surface area contributed by atoms with E-state index in [-0.39, 0.29) is 21.7 Å². The molecule has 0 spiro atoms. The Balaban J connectivity index is -0.0000000275. The van der Waals surface area contributed by atoms with E-state index in [9.17, 15) is 0 Å². The van der Waals surface area contributed by atoms with Gasteiger partial charge in [-0.05, 0) is 0 Å². The summed E-state index contributed by atoms with van der Waals surface area (Å²) in [6.45, 7) is 5.50. The van der Waals surface area contributed by atoms with Crippen molar-refractivity contribution < 1.29 is 26.8 Å². The summed E-state index contributed by atoms with van der Waals surface area (Å²) in [4.78, 5) is 0. The predicted octanol–water partition coefficient (Wildman–Crippen LogP) is 0.836. The normalized spacial score (nSPS) is 4.00. The van der Waals surface area contributed by atoms with E-state index in [1.165, 1.54) is 0 Å². The number of rotatable bonds is 0. The van der Waals surface area contributed by atoms with Crippen LogP contribution in [0.4, 0.5) is 0 Å². The van der Waals surface area contributed by atoms with Crippen molar-refractivity contribution in [3.63, 3.8) is 0 Å². The standard InChI is InChI=1S/C3H7.CH4O.Ti/c1-3-2;1-2;/h1,3H2,2H3;2H,1H3;/q-1;;. The minimum atomic E-state index is 0. The van der Waals surface area contributed by atoms with Crippen molar-refractivity contribution in [3.05, 3.63) is 6.92 Å². The fraction of sp³-hybridized carbons (Fsp3) is 0.750. The average molecular weight is 123 g/mol. The van der Waals surface area contributed by atoms with Gasteiger partial charge in [0.15, 0.2) is 0 Å². The van der Waals surface area contributed by atoms with E-state index in [1.807, 2.05) is 6.92 Å². The van der Waals surface area contributed by atoms with Gasteiger partial charge in [0.1, 0.15) is 0 Å². The first-order valence-electron chi connectivity index (χ1n) is 1.65. The van der Waals surface area contributed by atoms with Crippen molar-refractivity contribution in [3.8, 4) is 0 Å². The van der Waals surface area contributed by atoms with Gasteiger partial charge in [-0.15, -0.1) is 0 Å². The Kier molecular flexibility index (Phi) is 117. The summed E-state index contributed by atoms with van der Waals surface area (Å²) < 4.78 is 0. The molecule has 38 valence electrons. The summed E-state index contributed by atoms with van der Waals surface area (Å²) in [5.74, 6) is 0. The van der Waals surface area contributed by atoms with Crippen molar-refractivity contribution in [2.45, 2.75) is 13.3 Å². The maximum absolute atomic E-state index is 7.00. The molecule has 1 N–H and O–H groups in total. The van der Waals surface area contributed by atoms with Crippen LogP contribution in [0.2, 0.25) is 0 Å². The van der Waals surface area contributed by atoms with Crippen LogP contribution < -0.4 is 0 Å². The summed E-state index contributed by atoms with van der Waals surface area (Å²) in [6, 6.07) is 0. The Morgan fingerprint density at radius 1 is 1.50 bits per heavy atom. The zero-order valence-corrected chi connectivity index (χ0v) is 5.92. The molecule has 2 heteroatoms. The Hall–Kier alpha value is 0.674. The second kappa shape index (κ2) is 44.2. The SMILES string of the molecule is CO.[CH2-]CC.[Ti]. The number of aliphatic hydroxyl groups excluding tert-OH is 1. The van der Waals surface area contributed by atoms with Gasteiger partial charge in [-0.25, -0.2) is 0 Å². The van der Waals surface area contributed by atoms with Crippen LogP contribution in [0, 0.1) is 6.92 Å². The third-order valence-corrected chi connectivity index (χ3v) is 0. The van der Waals surface area contributed by atoms with Gasteiger partial charge in [-0.2, -0.15) is 6.42 Å². The maximum atomic E-state index is 7.00. The van der Waals surface area contributed by atoms with Gasteiger partial charge >= 0.3 is 0 Å². The van der Waals surface area contributed by atoms with E-state index in [0.717, 1.165) is 13.5 Å². The van der Waals surface area contributed by atoms with Crippen LogP contribution in [0.3, 0.4) is 0 Å². The topological polar surface area (TPSA) is 20.2 Å². The third kappa shape index (κ3) is 139. The fourth-order valence-corrected chi connectivity index (χ4v) is 0. The molecular weight excluding hydrogens is 112 g/mol. The zero-order valence-electron chi connectivity index (χ0n) is 4.36. The summed E-state index contributed by atoms with van der Waals surface area (Å²) in [5, 5.41) is 7.00. The van der Waals surface area contributed by atoms with Gasteiger partial charge in [0.05, 0.1) is 0 Å².